The van der Waals surface area contributed by atoms with Crippen LogP contribution >= 0.6 is 11.8 Å². The van der Waals surface area contributed by atoms with E-state index < -0.39 is 0 Å². The summed E-state index contributed by atoms with van der Waals surface area (Å²) in [6, 6.07) is 0. The smallest absolute Gasteiger partial charge is 0.230 e. The fourth-order valence-electron chi connectivity index (χ4n) is 0.573. The van der Waals surface area contributed by atoms with Gasteiger partial charge in [-0.05, 0) is 12.8 Å². The molecule has 0 aromatic heterocycles. The minimum absolute atomic E-state index is 0.132. The van der Waals surface area contributed by atoms with E-state index in [0.29, 0.717) is 5.75 Å². The second kappa shape index (κ2) is 7.88. The third-order valence-electron chi connectivity index (χ3n) is 1.13. The molecule has 0 saturated carbocycles. The van der Waals surface area contributed by atoms with Crippen LogP contribution in [0.5, 0.6) is 0 Å². The first kappa shape index (κ1) is 10.8. The molecule has 0 saturated heterocycles. The molecule has 3 nitrogen and oxygen atoms in total. The van der Waals surface area contributed by atoms with Crippen molar-refractivity contribution in [1.82, 2.24) is 10.6 Å². The van der Waals surface area contributed by atoms with E-state index in [9.17, 15) is 4.79 Å². The SMILES string of the molecule is CCSCC(=O)NCCNC. The van der Waals surface area contributed by atoms with Gasteiger partial charge in [-0.3, -0.25) is 4.79 Å². The molecule has 0 atom stereocenters. The molecule has 0 unspecified atom stereocenters. The predicted octanol–water partition coefficient (Wildman–Crippen LogP) is 0.0751. The number of rotatable bonds is 6. The Morgan fingerprint density at radius 3 is 2.73 bits per heavy atom. The minimum atomic E-state index is 0.132. The Morgan fingerprint density at radius 2 is 2.18 bits per heavy atom. The minimum Gasteiger partial charge on any atom is -0.354 e. The van der Waals surface area contributed by atoms with E-state index in [2.05, 4.69) is 10.6 Å². The lowest BCUT2D eigenvalue weighted by Gasteiger charge is -2.02. The molecule has 0 aliphatic rings. The summed E-state index contributed by atoms with van der Waals surface area (Å²) in [5, 5.41) is 5.75. The van der Waals surface area contributed by atoms with Crippen LogP contribution in [0.3, 0.4) is 0 Å². The molecular formula is C7H16N2OS. The Bertz CT molecular complexity index is 109. The van der Waals surface area contributed by atoms with Crippen LogP contribution in [-0.2, 0) is 4.79 Å². The molecular weight excluding hydrogens is 160 g/mol. The second-order valence-electron chi connectivity index (χ2n) is 2.09. The zero-order valence-corrected chi connectivity index (χ0v) is 7.96. The third kappa shape index (κ3) is 7.68. The van der Waals surface area contributed by atoms with Gasteiger partial charge >= 0.3 is 0 Å². The average Bonchev–Trinajstić information content (AvgIpc) is 2.01. The molecule has 0 fully saturated rings. The van der Waals surface area contributed by atoms with Crippen molar-refractivity contribution < 1.29 is 4.79 Å². The summed E-state index contributed by atoms with van der Waals surface area (Å²) in [4.78, 5) is 10.9. The highest BCUT2D eigenvalue weighted by Gasteiger charge is 1.97. The number of hydrogen-bond donors (Lipinski definition) is 2. The van der Waals surface area contributed by atoms with Gasteiger partial charge in [0.15, 0.2) is 0 Å². The molecule has 0 aromatic rings. The quantitative estimate of drug-likeness (QED) is 0.563. The zero-order valence-electron chi connectivity index (χ0n) is 7.14. The monoisotopic (exact) mass is 176 g/mol. The number of likely N-dealkylation sites (N-methyl/N-ethyl adjacent to an activating group) is 1. The first-order chi connectivity index (χ1) is 5.31. The number of amides is 1. The van der Waals surface area contributed by atoms with Gasteiger partial charge in [0.05, 0.1) is 5.75 Å². The summed E-state index contributed by atoms with van der Waals surface area (Å²) in [5.74, 6) is 1.71. The maximum absolute atomic E-state index is 10.9. The third-order valence-corrected chi connectivity index (χ3v) is 2.01. The van der Waals surface area contributed by atoms with Gasteiger partial charge in [-0.1, -0.05) is 6.92 Å². The van der Waals surface area contributed by atoms with E-state index in [1.807, 2.05) is 14.0 Å². The fraction of sp³-hybridized carbons (Fsp3) is 0.857. The van der Waals surface area contributed by atoms with Crippen LogP contribution < -0.4 is 10.6 Å². The van der Waals surface area contributed by atoms with Crippen LogP contribution in [0, 0.1) is 0 Å². The maximum Gasteiger partial charge on any atom is 0.230 e. The molecule has 66 valence electrons. The van der Waals surface area contributed by atoms with Gasteiger partial charge in [-0.15, -0.1) is 0 Å². The lowest BCUT2D eigenvalue weighted by atomic mass is 10.6. The molecule has 2 N–H and O–H groups in total. The standard InChI is InChI=1S/C7H16N2OS/c1-3-11-6-7(10)9-5-4-8-2/h8H,3-6H2,1-2H3,(H,9,10). The highest BCUT2D eigenvalue weighted by molar-refractivity contribution is 7.99. The summed E-state index contributed by atoms with van der Waals surface area (Å²) in [5.41, 5.74) is 0. The van der Waals surface area contributed by atoms with Crippen LogP contribution in [0.1, 0.15) is 6.92 Å². The topological polar surface area (TPSA) is 41.1 Å². The normalized spacial score (nSPS) is 9.64. The number of carbonyl (C=O) groups excluding carboxylic acids is 1. The van der Waals surface area contributed by atoms with Crippen molar-refractivity contribution in [3.05, 3.63) is 0 Å². The molecule has 0 bridgehead atoms. The number of nitrogens with one attached hydrogen (secondary N) is 2. The van der Waals surface area contributed by atoms with Gasteiger partial charge in [0.25, 0.3) is 0 Å². The highest BCUT2D eigenvalue weighted by Crippen LogP contribution is 1.95. The maximum atomic E-state index is 10.9. The molecule has 0 aliphatic carbocycles. The summed E-state index contributed by atoms with van der Waals surface area (Å²) in [6.45, 7) is 3.60. The van der Waals surface area contributed by atoms with Crippen molar-refractivity contribution in [1.29, 1.82) is 0 Å². The van der Waals surface area contributed by atoms with Crippen molar-refractivity contribution in [3.63, 3.8) is 0 Å². The lowest BCUT2D eigenvalue weighted by Crippen LogP contribution is -2.31. The van der Waals surface area contributed by atoms with Crippen LogP contribution in [0.2, 0.25) is 0 Å². The Kier molecular flexibility index (Phi) is 7.72. The largest absolute Gasteiger partial charge is 0.354 e. The van der Waals surface area contributed by atoms with Crippen molar-refractivity contribution in [2.24, 2.45) is 0 Å². The fourth-order valence-corrected chi connectivity index (χ4v) is 1.06. The number of thioether (sulfide) groups is 1. The van der Waals surface area contributed by atoms with E-state index in [4.69, 9.17) is 0 Å². The van der Waals surface area contributed by atoms with E-state index in [1.54, 1.807) is 11.8 Å². The Labute approximate surface area is 72.3 Å². The average molecular weight is 176 g/mol. The van der Waals surface area contributed by atoms with Gasteiger partial charge < -0.3 is 10.6 Å². The second-order valence-corrected chi connectivity index (χ2v) is 3.36. The van der Waals surface area contributed by atoms with Gasteiger partial charge in [-0.25, -0.2) is 0 Å². The summed E-state index contributed by atoms with van der Waals surface area (Å²) in [6.07, 6.45) is 0. The van der Waals surface area contributed by atoms with E-state index in [0.717, 1.165) is 18.8 Å². The molecule has 0 radical (unpaired) electrons. The predicted molar refractivity (Wildman–Crippen MR) is 49.9 cm³/mol. The van der Waals surface area contributed by atoms with E-state index in [1.165, 1.54) is 0 Å². The van der Waals surface area contributed by atoms with Gasteiger partial charge in [0.2, 0.25) is 5.91 Å². The Balaban J connectivity index is 3.09. The van der Waals surface area contributed by atoms with Crippen molar-refractivity contribution in [2.75, 3.05) is 31.6 Å². The van der Waals surface area contributed by atoms with E-state index in [-0.39, 0.29) is 5.91 Å². The van der Waals surface area contributed by atoms with Crippen molar-refractivity contribution >= 4 is 17.7 Å². The van der Waals surface area contributed by atoms with Gasteiger partial charge in [0, 0.05) is 13.1 Å². The molecule has 11 heavy (non-hydrogen) atoms. The Morgan fingerprint density at radius 1 is 1.45 bits per heavy atom. The van der Waals surface area contributed by atoms with Gasteiger partial charge in [0.1, 0.15) is 0 Å². The highest BCUT2D eigenvalue weighted by atomic mass is 32.2. The van der Waals surface area contributed by atoms with Crippen LogP contribution in [-0.4, -0.2) is 37.6 Å². The first-order valence-electron chi connectivity index (χ1n) is 3.80. The molecule has 0 aromatic carbocycles. The summed E-state index contributed by atoms with van der Waals surface area (Å²) < 4.78 is 0. The summed E-state index contributed by atoms with van der Waals surface area (Å²) in [7, 11) is 1.87. The van der Waals surface area contributed by atoms with Crippen molar-refractivity contribution in [2.45, 2.75) is 6.92 Å². The van der Waals surface area contributed by atoms with Gasteiger partial charge in [-0.2, -0.15) is 11.8 Å². The molecule has 1 amide bonds. The molecule has 0 spiro atoms. The molecule has 0 aliphatic heterocycles. The van der Waals surface area contributed by atoms with Crippen LogP contribution in [0.15, 0.2) is 0 Å². The zero-order chi connectivity index (χ0) is 8.53. The molecule has 4 heteroatoms. The Hall–Kier alpha value is -0.220. The van der Waals surface area contributed by atoms with Crippen LogP contribution in [0.25, 0.3) is 0 Å². The number of carbonyl (C=O) groups is 1. The van der Waals surface area contributed by atoms with Crippen LogP contribution in [0.4, 0.5) is 0 Å². The number of hydrogen-bond acceptors (Lipinski definition) is 3. The molecule has 0 rings (SSSR count). The first-order valence-corrected chi connectivity index (χ1v) is 4.95. The van der Waals surface area contributed by atoms with E-state index >= 15 is 0 Å². The lowest BCUT2D eigenvalue weighted by molar-refractivity contribution is -0.118. The van der Waals surface area contributed by atoms with Crippen molar-refractivity contribution in [3.8, 4) is 0 Å². The summed E-state index contributed by atoms with van der Waals surface area (Å²) >= 11 is 1.64. The molecule has 0 heterocycles.